The summed E-state index contributed by atoms with van der Waals surface area (Å²) < 4.78 is 0. The summed E-state index contributed by atoms with van der Waals surface area (Å²) in [4.78, 5) is 30.9. The Morgan fingerprint density at radius 1 is 1.29 bits per heavy atom. The second-order valence-corrected chi connectivity index (χ2v) is 6.17. The first-order chi connectivity index (χ1) is 11.5. The van der Waals surface area contributed by atoms with Crippen LogP contribution >= 0.6 is 0 Å². The van der Waals surface area contributed by atoms with Crippen LogP contribution in [0.1, 0.15) is 48.2 Å². The summed E-state index contributed by atoms with van der Waals surface area (Å²) in [7, 11) is 0. The lowest BCUT2D eigenvalue weighted by molar-refractivity contribution is -0.118. The minimum Gasteiger partial charge on any atom is -0.370 e. The zero-order valence-corrected chi connectivity index (χ0v) is 14.1. The molecule has 7 heteroatoms. The molecular weight excluding hydrogens is 304 g/mol. The van der Waals surface area contributed by atoms with Gasteiger partial charge in [-0.3, -0.25) is 4.79 Å². The van der Waals surface area contributed by atoms with Crippen LogP contribution in [-0.2, 0) is 11.2 Å². The van der Waals surface area contributed by atoms with E-state index in [1.807, 2.05) is 26.0 Å². The lowest BCUT2D eigenvalue weighted by Crippen LogP contribution is -2.25. The van der Waals surface area contributed by atoms with Crippen LogP contribution in [0.2, 0.25) is 0 Å². The Morgan fingerprint density at radius 2 is 2.12 bits per heavy atom. The van der Waals surface area contributed by atoms with E-state index in [1.54, 1.807) is 6.33 Å². The first-order valence-corrected chi connectivity index (χ1v) is 8.21. The largest absolute Gasteiger partial charge is 0.370 e. The van der Waals surface area contributed by atoms with E-state index in [9.17, 15) is 4.79 Å². The molecule has 24 heavy (non-hydrogen) atoms. The first-order valence-electron chi connectivity index (χ1n) is 8.21. The molecule has 0 unspecified atom stereocenters. The fourth-order valence-corrected chi connectivity index (χ4v) is 3.15. The third kappa shape index (κ3) is 3.67. The molecule has 1 aliphatic rings. The molecule has 2 N–H and O–H groups in total. The molecule has 7 nitrogen and oxygen atoms in total. The lowest BCUT2D eigenvalue weighted by atomic mass is 10.1. The quantitative estimate of drug-likeness (QED) is 0.897. The van der Waals surface area contributed by atoms with Crippen molar-refractivity contribution in [2.45, 2.75) is 45.6 Å². The van der Waals surface area contributed by atoms with E-state index in [2.05, 4.69) is 24.8 Å². The van der Waals surface area contributed by atoms with Crippen LogP contribution in [0, 0.1) is 13.8 Å². The second kappa shape index (κ2) is 6.90. The van der Waals surface area contributed by atoms with Crippen molar-refractivity contribution in [1.82, 2.24) is 19.9 Å². The molecule has 3 rings (SSSR count). The van der Waals surface area contributed by atoms with Crippen molar-refractivity contribution in [2.24, 2.45) is 5.73 Å². The van der Waals surface area contributed by atoms with Crippen LogP contribution in [0.3, 0.4) is 0 Å². The van der Waals surface area contributed by atoms with Crippen molar-refractivity contribution in [3.63, 3.8) is 0 Å². The molecular formula is C17H22N6O. The Bertz CT molecular complexity index is 748. The van der Waals surface area contributed by atoms with Gasteiger partial charge >= 0.3 is 0 Å². The summed E-state index contributed by atoms with van der Waals surface area (Å²) in [6, 6.07) is 4.17. The number of rotatable bonds is 5. The molecule has 2 aromatic heterocycles. The van der Waals surface area contributed by atoms with E-state index in [-0.39, 0.29) is 11.9 Å². The predicted molar refractivity (Wildman–Crippen MR) is 90.4 cm³/mol. The summed E-state index contributed by atoms with van der Waals surface area (Å²) in [6.45, 7) is 4.79. The van der Waals surface area contributed by atoms with Gasteiger partial charge in [-0.15, -0.1) is 0 Å². The summed E-state index contributed by atoms with van der Waals surface area (Å²) in [5.41, 5.74) is 8.04. The van der Waals surface area contributed by atoms with Gasteiger partial charge in [0.15, 0.2) is 0 Å². The highest BCUT2D eigenvalue weighted by atomic mass is 16.1. The average Bonchev–Trinajstić information content (AvgIpc) is 3.02. The highest BCUT2D eigenvalue weighted by Gasteiger charge is 2.29. The number of aryl methyl sites for hydroxylation is 3. The highest BCUT2D eigenvalue weighted by molar-refractivity contribution is 5.73. The number of amides is 1. The predicted octanol–water partition coefficient (Wildman–Crippen LogP) is 1.64. The van der Waals surface area contributed by atoms with Crippen molar-refractivity contribution in [3.05, 3.63) is 41.4 Å². The molecule has 1 saturated heterocycles. The Hall–Kier alpha value is -2.57. The van der Waals surface area contributed by atoms with Gasteiger partial charge in [0.2, 0.25) is 5.91 Å². The molecule has 1 amide bonds. The highest BCUT2D eigenvalue weighted by Crippen LogP contribution is 2.34. The summed E-state index contributed by atoms with van der Waals surface area (Å²) in [6.07, 6.45) is 4.56. The van der Waals surface area contributed by atoms with Gasteiger partial charge < -0.3 is 10.6 Å². The lowest BCUT2D eigenvalue weighted by Gasteiger charge is -2.25. The van der Waals surface area contributed by atoms with E-state index < -0.39 is 0 Å². The first kappa shape index (κ1) is 16.3. The number of aromatic nitrogens is 4. The van der Waals surface area contributed by atoms with Crippen LogP contribution in [0.15, 0.2) is 18.5 Å². The molecule has 1 fully saturated rings. The zero-order chi connectivity index (χ0) is 17.1. The van der Waals surface area contributed by atoms with Crippen LogP contribution in [0.25, 0.3) is 0 Å². The maximum atomic E-state index is 11.0. The molecule has 0 saturated carbocycles. The van der Waals surface area contributed by atoms with Crippen LogP contribution in [0.4, 0.5) is 5.82 Å². The van der Waals surface area contributed by atoms with Crippen LogP contribution in [0.5, 0.6) is 0 Å². The smallest absolute Gasteiger partial charge is 0.217 e. The molecule has 126 valence electrons. The van der Waals surface area contributed by atoms with Gasteiger partial charge in [-0.25, -0.2) is 19.9 Å². The number of carbonyl (C=O) groups is 1. The number of hydrogen-bond donors (Lipinski definition) is 1. The normalized spacial score (nSPS) is 17.2. The monoisotopic (exact) mass is 326 g/mol. The Morgan fingerprint density at radius 3 is 2.88 bits per heavy atom. The molecule has 0 radical (unpaired) electrons. The number of nitrogens with two attached hydrogens (primary N) is 1. The standard InChI is InChI=1S/C17H22N6O/c1-11-8-17(20-10-19-11)23-7-3-4-15(23)14-9-13(5-6-16(18)24)21-12(2)22-14/h8-10,15H,3-7H2,1-2H3,(H2,18,24)/t15-/m1/s1. The summed E-state index contributed by atoms with van der Waals surface area (Å²) >= 11 is 0. The number of anilines is 1. The summed E-state index contributed by atoms with van der Waals surface area (Å²) in [5.74, 6) is 1.34. The molecule has 0 bridgehead atoms. The minimum absolute atomic E-state index is 0.174. The van der Waals surface area contributed by atoms with Crippen LogP contribution < -0.4 is 10.6 Å². The van der Waals surface area contributed by atoms with Crippen molar-refractivity contribution >= 4 is 11.7 Å². The van der Waals surface area contributed by atoms with Gasteiger partial charge in [-0.1, -0.05) is 0 Å². The van der Waals surface area contributed by atoms with Crippen LogP contribution in [-0.4, -0.2) is 32.4 Å². The van der Waals surface area contributed by atoms with Crippen molar-refractivity contribution in [3.8, 4) is 0 Å². The fourth-order valence-electron chi connectivity index (χ4n) is 3.15. The van der Waals surface area contributed by atoms with E-state index in [0.717, 1.165) is 48.1 Å². The van der Waals surface area contributed by atoms with Gasteiger partial charge in [0.25, 0.3) is 0 Å². The van der Waals surface area contributed by atoms with E-state index >= 15 is 0 Å². The number of nitrogens with zero attached hydrogens (tertiary/aromatic N) is 5. The molecule has 2 aromatic rings. The second-order valence-electron chi connectivity index (χ2n) is 6.17. The summed E-state index contributed by atoms with van der Waals surface area (Å²) in [5, 5.41) is 0. The van der Waals surface area contributed by atoms with Gasteiger partial charge in [-0.2, -0.15) is 0 Å². The minimum atomic E-state index is -0.313. The average molecular weight is 326 g/mol. The fraction of sp³-hybridized carbons (Fsp3) is 0.471. The maximum absolute atomic E-state index is 11.0. The molecule has 1 aliphatic heterocycles. The number of primary amides is 1. The van der Waals surface area contributed by atoms with Gasteiger partial charge in [-0.05, 0) is 39.2 Å². The van der Waals surface area contributed by atoms with E-state index in [0.29, 0.717) is 12.8 Å². The maximum Gasteiger partial charge on any atom is 0.217 e. The van der Waals surface area contributed by atoms with Crippen molar-refractivity contribution < 1.29 is 4.79 Å². The SMILES string of the molecule is Cc1cc(N2CCC[C@@H]2c2cc(CCC(N)=O)nc(C)n2)ncn1. The zero-order valence-electron chi connectivity index (χ0n) is 14.1. The molecule has 0 aromatic carbocycles. The molecule has 3 heterocycles. The topological polar surface area (TPSA) is 97.9 Å². The molecule has 0 spiro atoms. The Kier molecular flexibility index (Phi) is 4.69. The molecule has 0 aliphatic carbocycles. The van der Waals surface area contributed by atoms with Crippen molar-refractivity contribution in [2.75, 3.05) is 11.4 Å². The third-order valence-corrected chi connectivity index (χ3v) is 4.22. The van der Waals surface area contributed by atoms with Gasteiger partial charge in [0.05, 0.1) is 11.7 Å². The number of hydrogen-bond acceptors (Lipinski definition) is 6. The van der Waals surface area contributed by atoms with Gasteiger partial charge in [0, 0.05) is 30.4 Å². The Labute approximate surface area is 141 Å². The van der Waals surface area contributed by atoms with Gasteiger partial charge in [0.1, 0.15) is 18.0 Å². The van der Waals surface area contributed by atoms with E-state index in [4.69, 9.17) is 5.73 Å². The number of carbonyl (C=O) groups excluding carboxylic acids is 1. The molecule has 1 atom stereocenters. The van der Waals surface area contributed by atoms with Crippen molar-refractivity contribution in [1.29, 1.82) is 0 Å². The van der Waals surface area contributed by atoms with E-state index in [1.165, 1.54) is 0 Å². The third-order valence-electron chi connectivity index (χ3n) is 4.22. The Balaban J connectivity index is 1.88.